The number of hydrogen-bond acceptors (Lipinski definition) is 4. The number of aromatic nitrogens is 5. The number of rotatable bonds is 3. The summed E-state index contributed by atoms with van der Waals surface area (Å²) in [6.07, 6.45) is 6.22. The number of imidazole rings is 1. The van der Waals surface area contributed by atoms with Crippen LogP contribution in [0.1, 0.15) is 33.1 Å². The van der Waals surface area contributed by atoms with Crippen LogP contribution in [0, 0.1) is 0 Å². The van der Waals surface area contributed by atoms with Crippen molar-refractivity contribution in [1.29, 1.82) is 0 Å². The van der Waals surface area contributed by atoms with Crippen molar-refractivity contribution in [2.24, 2.45) is 0 Å². The topological polar surface area (TPSA) is 96.7 Å². The van der Waals surface area contributed by atoms with Crippen LogP contribution in [-0.4, -0.2) is 35.6 Å². The highest BCUT2D eigenvalue weighted by Gasteiger charge is 2.27. The lowest BCUT2D eigenvalue weighted by molar-refractivity contribution is 0.0689. The SMILES string of the molecule is O=C(O)c1ncnc2c1Cc1cnc(Cc3c[nH]c4ccccc34)n1-c1ccccc1-2. The number of carboxylic acid groups (broad SMARTS) is 1. The van der Waals surface area contributed by atoms with Gasteiger partial charge in [-0.1, -0.05) is 36.4 Å². The van der Waals surface area contributed by atoms with E-state index in [9.17, 15) is 9.90 Å². The highest BCUT2D eigenvalue weighted by Crippen LogP contribution is 2.36. The Labute approximate surface area is 177 Å². The molecule has 0 atom stereocenters. The number of hydrogen-bond donors (Lipinski definition) is 2. The van der Waals surface area contributed by atoms with Crippen LogP contribution in [0.15, 0.2) is 67.3 Å². The third-order valence-electron chi connectivity index (χ3n) is 5.84. The number of para-hydroxylation sites is 2. The predicted octanol–water partition coefficient (Wildman–Crippen LogP) is 4.00. The third-order valence-corrected chi connectivity index (χ3v) is 5.84. The number of aromatic carboxylic acids is 1. The lowest BCUT2D eigenvalue weighted by atomic mass is 10.0. The Morgan fingerprint density at radius 2 is 1.90 bits per heavy atom. The van der Waals surface area contributed by atoms with E-state index in [-0.39, 0.29) is 5.69 Å². The van der Waals surface area contributed by atoms with Gasteiger partial charge in [-0.25, -0.2) is 19.7 Å². The van der Waals surface area contributed by atoms with Gasteiger partial charge in [0.15, 0.2) is 5.69 Å². The Balaban J connectivity index is 1.56. The van der Waals surface area contributed by atoms with Crippen molar-refractivity contribution >= 4 is 16.9 Å². The lowest BCUT2D eigenvalue weighted by Crippen LogP contribution is -2.09. The highest BCUT2D eigenvalue weighted by molar-refractivity contribution is 5.90. The molecule has 1 aliphatic heterocycles. The number of nitrogens with zero attached hydrogens (tertiary/aromatic N) is 4. The van der Waals surface area contributed by atoms with Crippen LogP contribution in [0.3, 0.4) is 0 Å². The van der Waals surface area contributed by atoms with Crippen molar-refractivity contribution in [2.75, 3.05) is 0 Å². The second-order valence-electron chi connectivity index (χ2n) is 7.59. The molecule has 0 amide bonds. The Kier molecular flexibility index (Phi) is 3.76. The molecule has 0 radical (unpaired) electrons. The minimum absolute atomic E-state index is 0.0348. The van der Waals surface area contributed by atoms with Crippen LogP contribution in [-0.2, 0) is 12.8 Å². The molecule has 2 N–H and O–H groups in total. The van der Waals surface area contributed by atoms with E-state index in [4.69, 9.17) is 4.98 Å². The van der Waals surface area contributed by atoms with E-state index in [1.54, 1.807) is 0 Å². The molecule has 0 bridgehead atoms. The van der Waals surface area contributed by atoms with Gasteiger partial charge >= 0.3 is 5.97 Å². The van der Waals surface area contributed by atoms with E-state index >= 15 is 0 Å². The van der Waals surface area contributed by atoms with Gasteiger partial charge < -0.3 is 10.1 Å². The number of nitrogens with one attached hydrogen (secondary N) is 1. The summed E-state index contributed by atoms with van der Waals surface area (Å²) in [5, 5.41) is 10.9. The quantitative estimate of drug-likeness (QED) is 0.462. The van der Waals surface area contributed by atoms with E-state index < -0.39 is 5.97 Å². The molecule has 0 saturated heterocycles. The van der Waals surface area contributed by atoms with Gasteiger partial charge in [0.25, 0.3) is 0 Å². The monoisotopic (exact) mass is 407 g/mol. The van der Waals surface area contributed by atoms with Gasteiger partial charge in [-0.15, -0.1) is 0 Å². The van der Waals surface area contributed by atoms with Gasteiger partial charge in [0.2, 0.25) is 0 Å². The Bertz CT molecular complexity index is 1480. The van der Waals surface area contributed by atoms with Gasteiger partial charge in [-0.3, -0.25) is 4.57 Å². The Hall–Kier alpha value is -4.26. The molecule has 0 saturated carbocycles. The molecule has 2 aromatic carbocycles. The van der Waals surface area contributed by atoms with Crippen LogP contribution in [0.25, 0.3) is 27.8 Å². The van der Waals surface area contributed by atoms with Gasteiger partial charge in [0, 0.05) is 53.0 Å². The molecule has 4 heterocycles. The summed E-state index contributed by atoms with van der Waals surface area (Å²) >= 11 is 0. The first-order valence-electron chi connectivity index (χ1n) is 9.98. The van der Waals surface area contributed by atoms with Crippen molar-refractivity contribution in [1.82, 2.24) is 24.5 Å². The smallest absolute Gasteiger partial charge is 0.354 e. The Morgan fingerprint density at radius 3 is 2.81 bits per heavy atom. The van der Waals surface area contributed by atoms with Crippen LogP contribution in [0.4, 0.5) is 0 Å². The molecule has 0 aliphatic carbocycles. The van der Waals surface area contributed by atoms with E-state index in [2.05, 4.69) is 31.7 Å². The zero-order chi connectivity index (χ0) is 20.9. The van der Waals surface area contributed by atoms with Crippen molar-refractivity contribution in [2.45, 2.75) is 12.8 Å². The normalized spacial score (nSPS) is 12.1. The summed E-state index contributed by atoms with van der Waals surface area (Å²) in [4.78, 5) is 28.4. The number of benzene rings is 2. The number of aromatic amines is 1. The maximum Gasteiger partial charge on any atom is 0.354 e. The maximum absolute atomic E-state index is 11.8. The van der Waals surface area contributed by atoms with Crippen molar-refractivity contribution in [3.63, 3.8) is 0 Å². The summed E-state index contributed by atoms with van der Waals surface area (Å²) in [5.41, 5.74) is 6.29. The fourth-order valence-electron chi connectivity index (χ4n) is 4.47. The molecule has 0 fully saturated rings. The fraction of sp³-hybridized carbons (Fsp3) is 0.0833. The minimum atomic E-state index is -1.05. The average Bonchev–Trinajstić information content (AvgIpc) is 3.34. The molecule has 6 rings (SSSR count). The number of carboxylic acids is 1. The van der Waals surface area contributed by atoms with Crippen LogP contribution in [0.5, 0.6) is 0 Å². The number of carbonyl (C=O) groups is 1. The van der Waals surface area contributed by atoms with E-state index in [1.807, 2.05) is 48.8 Å². The van der Waals surface area contributed by atoms with Crippen LogP contribution >= 0.6 is 0 Å². The van der Waals surface area contributed by atoms with Crippen LogP contribution in [0.2, 0.25) is 0 Å². The molecular weight excluding hydrogens is 390 g/mol. The maximum atomic E-state index is 11.8. The second-order valence-corrected chi connectivity index (χ2v) is 7.59. The molecule has 0 spiro atoms. The molecule has 150 valence electrons. The van der Waals surface area contributed by atoms with Gasteiger partial charge in [0.1, 0.15) is 12.2 Å². The summed E-state index contributed by atoms with van der Waals surface area (Å²) in [5.74, 6) is -0.159. The fourth-order valence-corrected chi connectivity index (χ4v) is 4.47. The first-order valence-corrected chi connectivity index (χ1v) is 9.98. The summed E-state index contributed by atoms with van der Waals surface area (Å²) in [6, 6.07) is 16.1. The first kappa shape index (κ1) is 17.6. The zero-order valence-electron chi connectivity index (χ0n) is 16.4. The molecular formula is C24H17N5O2. The first-order chi connectivity index (χ1) is 15.2. The van der Waals surface area contributed by atoms with Crippen molar-refractivity contribution in [3.05, 3.63) is 95.6 Å². The van der Waals surface area contributed by atoms with Gasteiger partial charge in [0.05, 0.1) is 11.4 Å². The summed E-state index contributed by atoms with van der Waals surface area (Å²) in [6.45, 7) is 0. The van der Waals surface area contributed by atoms with E-state index in [0.29, 0.717) is 24.1 Å². The lowest BCUT2D eigenvalue weighted by Gasteiger charge is -2.13. The molecule has 5 aromatic rings. The molecule has 3 aromatic heterocycles. The van der Waals surface area contributed by atoms with Crippen molar-refractivity contribution < 1.29 is 9.90 Å². The van der Waals surface area contributed by atoms with Gasteiger partial charge in [-0.2, -0.15) is 0 Å². The molecule has 31 heavy (non-hydrogen) atoms. The standard InChI is InChI=1S/C24H17N5O2/c30-24(31)23-18-10-15-12-26-21(9-14-11-25-19-7-3-1-5-16(14)19)29(15)20-8-4-2-6-17(20)22(18)27-13-28-23/h1-8,11-13,25H,9-10H2,(H,30,31). The summed E-state index contributed by atoms with van der Waals surface area (Å²) < 4.78 is 2.13. The zero-order valence-corrected chi connectivity index (χ0v) is 16.4. The molecule has 7 heteroatoms. The third kappa shape index (κ3) is 2.67. The Morgan fingerprint density at radius 1 is 1.06 bits per heavy atom. The van der Waals surface area contributed by atoms with E-state index in [0.717, 1.165) is 33.8 Å². The molecule has 1 aliphatic rings. The number of fused-ring (bicyclic) bond motifs is 6. The molecule has 0 unspecified atom stereocenters. The van der Waals surface area contributed by atoms with E-state index in [1.165, 1.54) is 11.7 Å². The second kappa shape index (κ2) is 6.63. The minimum Gasteiger partial charge on any atom is -0.476 e. The van der Waals surface area contributed by atoms with Crippen molar-refractivity contribution in [3.8, 4) is 16.9 Å². The molecule has 7 nitrogen and oxygen atoms in total. The highest BCUT2D eigenvalue weighted by atomic mass is 16.4. The van der Waals surface area contributed by atoms with Crippen LogP contribution < -0.4 is 0 Å². The van der Waals surface area contributed by atoms with Gasteiger partial charge in [-0.05, 0) is 17.7 Å². The predicted molar refractivity (Wildman–Crippen MR) is 115 cm³/mol. The largest absolute Gasteiger partial charge is 0.476 e. The number of H-pyrrole nitrogens is 1. The summed E-state index contributed by atoms with van der Waals surface area (Å²) in [7, 11) is 0. The average molecular weight is 407 g/mol.